The molecule has 2 aliphatic rings. The number of rotatable bonds is 4. The quantitative estimate of drug-likeness (QED) is 0.792. The zero-order chi connectivity index (χ0) is 19.2. The van der Waals surface area contributed by atoms with Gasteiger partial charge >= 0.3 is 0 Å². The minimum Gasteiger partial charge on any atom is -0.367 e. The average molecular weight is 395 g/mol. The van der Waals surface area contributed by atoms with Crippen LogP contribution in [0.4, 0.5) is 18.9 Å². The molecule has 0 aliphatic heterocycles. The molecule has 3 nitrogen and oxygen atoms in total. The number of halogens is 4. The first-order valence-electron chi connectivity index (χ1n) is 8.79. The Morgan fingerprint density at radius 2 is 1.89 bits per heavy atom. The van der Waals surface area contributed by atoms with Crippen LogP contribution in [0.15, 0.2) is 42.5 Å². The number of alkyl halides is 2. The van der Waals surface area contributed by atoms with Crippen LogP contribution in [0.5, 0.6) is 0 Å². The number of nitrogens with one attached hydrogen (secondary N) is 2. The van der Waals surface area contributed by atoms with E-state index in [0.29, 0.717) is 29.1 Å². The first kappa shape index (κ1) is 18.2. The SMILES string of the molecule is O=C(NC1CC(F)(F)C1)[C@@]1(Nc2cccc(F)c2)CCc2cccc(Cl)c21. The Hall–Kier alpha value is -2.21. The molecule has 1 amide bonds. The van der Waals surface area contributed by atoms with Gasteiger partial charge in [-0.2, -0.15) is 0 Å². The van der Waals surface area contributed by atoms with E-state index in [1.54, 1.807) is 12.1 Å². The summed E-state index contributed by atoms with van der Waals surface area (Å²) in [5.74, 6) is -3.59. The second-order valence-corrected chi connectivity index (χ2v) is 7.66. The predicted octanol–water partition coefficient (Wildman–Crippen LogP) is 4.65. The third-order valence-corrected chi connectivity index (χ3v) is 5.61. The molecule has 2 aromatic rings. The van der Waals surface area contributed by atoms with Crippen molar-refractivity contribution in [3.05, 3.63) is 64.4 Å². The summed E-state index contributed by atoms with van der Waals surface area (Å²) < 4.78 is 40.0. The first-order chi connectivity index (χ1) is 12.8. The molecule has 0 radical (unpaired) electrons. The molecule has 0 spiro atoms. The maximum absolute atomic E-state index is 13.7. The maximum atomic E-state index is 13.7. The summed E-state index contributed by atoms with van der Waals surface area (Å²) in [5.41, 5.74) is 0.740. The Balaban J connectivity index is 1.70. The number of hydrogen-bond donors (Lipinski definition) is 2. The molecule has 142 valence electrons. The summed E-state index contributed by atoms with van der Waals surface area (Å²) in [7, 11) is 0. The van der Waals surface area contributed by atoms with Crippen molar-refractivity contribution < 1.29 is 18.0 Å². The highest BCUT2D eigenvalue weighted by Gasteiger charge is 2.51. The van der Waals surface area contributed by atoms with Crippen molar-refractivity contribution in [1.82, 2.24) is 5.32 Å². The zero-order valence-electron chi connectivity index (χ0n) is 14.4. The third-order valence-electron chi connectivity index (χ3n) is 5.29. The second kappa shape index (κ2) is 6.44. The molecule has 0 aromatic heterocycles. The average Bonchev–Trinajstić information content (AvgIpc) is 2.94. The van der Waals surface area contributed by atoms with E-state index in [2.05, 4.69) is 10.6 Å². The fourth-order valence-electron chi connectivity index (χ4n) is 4.00. The van der Waals surface area contributed by atoms with Crippen LogP contribution >= 0.6 is 11.6 Å². The molecular weight excluding hydrogens is 377 g/mol. The van der Waals surface area contributed by atoms with Crippen molar-refractivity contribution >= 4 is 23.2 Å². The van der Waals surface area contributed by atoms with Gasteiger partial charge in [-0.25, -0.2) is 13.2 Å². The third kappa shape index (κ3) is 3.27. The van der Waals surface area contributed by atoms with E-state index in [0.717, 1.165) is 5.56 Å². The molecule has 0 saturated heterocycles. The molecule has 2 aromatic carbocycles. The van der Waals surface area contributed by atoms with Crippen LogP contribution in [0.3, 0.4) is 0 Å². The van der Waals surface area contributed by atoms with Gasteiger partial charge in [-0.3, -0.25) is 4.79 Å². The van der Waals surface area contributed by atoms with Crippen LogP contribution in [0.2, 0.25) is 5.02 Å². The number of anilines is 1. The van der Waals surface area contributed by atoms with Gasteiger partial charge in [0.05, 0.1) is 0 Å². The molecule has 1 saturated carbocycles. The highest BCUT2D eigenvalue weighted by molar-refractivity contribution is 6.32. The van der Waals surface area contributed by atoms with E-state index in [4.69, 9.17) is 11.6 Å². The van der Waals surface area contributed by atoms with Gasteiger partial charge in [0.15, 0.2) is 0 Å². The van der Waals surface area contributed by atoms with Gasteiger partial charge in [-0.1, -0.05) is 29.8 Å². The lowest BCUT2D eigenvalue weighted by Gasteiger charge is -2.39. The molecule has 0 bridgehead atoms. The number of hydrogen-bond acceptors (Lipinski definition) is 2. The molecule has 7 heteroatoms. The van der Waals surface area contributed by atoms with Crippen molar-refractivity contribution in [2.75, 3.05) is 5.32 Å². The van der Waals surface area contributed by atoms with E-state index >= 15 is 0 Å². The Morgan fingerprint density at radius 1 is 1.15 bits per heavy atom. The summed E-state index contributed by atoms with van der Waals surface area (Å²) >= 11 is 6.41. The fraction of sp³-hybridized carbons (Fsp3) is 0.350. The molecular formula is C20H18ClF3N2O. The number of amides is 1. The Kier molecular flexibility index (Phi) is 4.34. The standard InChI is InChI=1S/C20H18ClF3N2O/c21-16-6-1-3-12-7-8-20(17(12)16,26-14-5-2-4-13(22)9-14)18(27)25-15-10-19(23,24)11-15/h1-6,9,15,26H,7-8,10-11H2,(H,25,27)/t20-/m1/s1. The molecule has 1 atom stereocenters. The molecule has 4 rings (SSSR count). The van der Waals surface area contributed by atoms with E-state index in [9.17, 15) is 18.0 Å². The van der Waals surface area contributed by atoms with Gasteiger partial charge in [0.25, 0.3) is 11.8 Å². The smallest absolute Gasteiger partial charge is 0.252 e. The topological polar surface area (TPSA) is 41.1 Å². The summed E-state index contributed by atoms with van der Waals surface area (Å²) in [6, 6.07) is 10.6. The minimum absolute atomic E-state index is 0.371. The predicted molar refractivity (Wildman–Crippen MR) is 97.6 cm³/mol. The highest BCUT2D eigenvalue weighted by Crippen LogP contribution is 2.45. The van der Waals surface area contributed by atoms with Crippen LogP contribution in [-0.4, -0.2) is 17.9 Å². The number of carbonyl (C=O) groups excluding carboxylic acids is 1. The van der Waals surface area contributed by atoms with E-state index in [1.807, 2.05) is 12.1 Å². The largest absolute Gasteiger partial charge is 0.367 e. The normalized spacial score (nSPS) is 23.4. The van der Waals surface area contributed by atoms with Gasteiger partial charge in [0, 0.05) is 35.2 Å². The van der Waals surface area contributed by atoms with Crippen LogP contribution < -0.4 is 10.6 Å². The molecule has 2 aliphatic carbocycles. The van der Waals surface area contributed by atoms with Crippen LogP contribution in [0.1, 0.15) is 30.4 Å². The van der Waals surface area contributed by atoms with Crippen molar-refractivity contribution in [2.45, 2.75) is 43.2 Å². The molecule has 27 heavy (non-hydrogen) atoms. The lowest BCUT2D eigenvalue weighted by molar-refractivity contribution is -0.133. The Labute approximate surface area is 159 Å². The van der Waals surface area contributed by atoms with Crippen molar-refractivity contribution in [2.24, 2.45) is 0 Å². The van der Waals surface area contributed by atoms with Crippen molar-refractivity contribution in [3.8, 4) is 0 Å². The Morgan fingerprint density at radius 3 is 2.59 bits per heavy atom. The number of benzene rings is 2. The van der Waals surface area contributed by atoms with Gasteiger partial charge in [0.2, 0.25) is 0 Å². The fourth-order valence-corrected chi connectivity index (χ4v) is 4.35. The van der Waals surface area contributed by atoms with Gasteiger partial charge in [-0.05, 0) is 42.7 Å². The monoisotopic (exact) mass is 394 g/mol. The number of fused-ring (bicyclic) bond motifs is 1. The molecule has 0 heterocycles. The number of carbonyl (C=O) groups is 1. The Bertz CT molecular complexity index is 897. The van der Waals surface area contributed by atoms with Crippen molar-refractivity contribution in [3.63, 3.8) is 0 Å². The summed E-state index contributed by atoms with van der Waals surface area (Å²) in [4.78, 5) is 13.2. The maximum Gasteiger partial charge on any atom is 0.252 e. The van der Waals surface area contributed by atoms with Gasteiger partial charge in [-0.15, -0.1) is 0 Å². The summed E-state index contributed by atoms with van der Waals surface area (Å²) in [5, 5.41) is 6.29. The molecule has 0 unspecified atom stereocenters. The van der Waals surface area contributed by atoms with E-state index in [-0.39, 0.29) is 12.8 Å². The summed E-state index contributed by atoms with van der Waals surface area (Å²) in [6.07, 6.45) is 0.262. The minimum atomic E-state index is -2.73. The van der Waals surface area contributed by atoms with E-state index in [1.165, 1.54) is 18.2 Å². The van der Waals surface area contributed by atoms with E-state index < -0.39 is 29.2 Å². The highest BCUT2D eigenvalue weighted by atomic mass is 35.5. The van der Waals surface area contributed by atoms with Crippen LogP contribution in [0, 0.1) is 5.82 Å². The zero-order valence-corrected chi connectivity index (χ0v) is 15.1. The van der Waals surface area contributed by atoms with Crippen molar-refractivity contribution in [1.29, 1.82) is 0 Å². The lowest BCUT2D eigenvalue weighted by atomic mass is 9.85. The number of aryl methyl sites for hydroxylation is 1. The second-order valence-electron chi connectivity index (χ2n) is 7.25. The summed E-state index contributed by atoms with van der Waals surface area (Å²) in [6.45, 7) is 0. The first-order valence-corrected chi connectivity index (χ1v) is 9.17. The lowest BCUT2D eigenvalue weighted by Crippen LogP contribution is -2.57. The van der Waals surface area contributed by atoms with Gasteiger partial charge < -0.3 is 10.6 Å². The molecule has 2 N–H and O–H groups in total. The molecule has 1 fully saturated rings. The van der Waals surface area contributed by atoms with Crippen LogP contribution in [0.25, 0.3) is 0 Å². The van der Waals surface area contributed by atoms with Crippen LogP contribution in [-0.2, 0) is 16.8 Å². The van der Waals surface area contributed by atoms with Gasteiger partial charge in [0.1, 0.15) is 11.4 Å².